The number of fused-ring (bicyclic) bond motifs is 3. The molecule has 54 heavy (non-hydrogen) atoms. The van der Waals surface area contributed by atoms with Gasteiger partial charge in [0.05, 0.1) is 33.8 Å². The Balaban J connectivity index is 0.941. The largest absolute Gasteiger partial charge is 0.463 e. The van der Waals surface area contributed by atoms with Crippen LogP contribution < -0.4 is 5.32 Å². The van der Waals surface area contributed by atoms with Crippen molar-refractivity contribution in [1.29, 1.82) is 0 Å². The topological polar surface area (TPSA) is 161 Å². The fraction of sp³-hybridized carbons (Fsp3) is 0.676. The number of imide groups is 1. The van der Waals surface area contributed by atoms with Gasteiger partial charge in [-0.15, -0.1) is 23.5 Å². The van der Waals surface area contributed by atoms with Gasteiger partial charge in [0.15, 0.2) is 17.9 Å². The number of likely N-dealkylation sites (tertiary alicyclic amines) is 1. The lowest BCUT2D eigenvalue weighted by molar-refractivity contribution is -0.242. The van der Waals surface area contributed by atoms with Gasteiger partial charge in [-0.2, -0.15) is 0 Å². The summed E-state index contributed by atoms with van der Waals surface area (Å²) in [5, 5.41) is 2.33. The van der Waals surface area contributed by atoms with Crippen LogP contribution in [0.3, 0.4) is 0 Å². The number of esters is 1. The second kappa shape index (κ2) is 18.6. The molecule has 4 saturated heterocycles. The van der Waals surface area contributed by atoms with E-state index in [9.17, 15) is 19.2 Å². The Morgan fingerprint density at radius 2 is 1.74 bits per heavy atom. The average molecular weight is 810 g/mol. The van der Waals surface area contributed by atoms with Crippen LogP contribution in [0, 0.1) is 0 Å². The van der Waals surface area contributed by atoms with Gasteiger partial charge < -0.3 is 38.5 Å². The van der Waals surface area contributed by atoms with Crippen LogP contribution in [0.25, 0.3) is 0 Å². The molecule has 0 spiro atoms. The SMILES string of the molecule is C/N=C\C(C)(CCC(=O)NCCOCCSC1CC(=O)N(CCC(=O)OCC2OC3OC(C)(C)OC3C3OC(C)(C)OC23)C1=O)SC(=S)c1ccccc1. The van der Waals surface area contributed by atoms with Gasteiger partial charge in [-0.1, -0.05) is 42.5 Å². The van der Waals surface area contributed by atoms with Gasteiger partial charge in [-0.3, -0.25) is 29.1 Å². The maximum Gasteiger partial charge on any atom is 0.307 e. The molecule has 7 atom stereocenters. The Kier molecular flexibility index (Phi) is 14.7. The van der Waals surface area contributed by atoms with Crippen molar-refractivity contribution in [2.24, 2.45) is 4.99 Å². The minimum Gasteiger partial charge on any atom is -0.463 e. The molecule has 1 N–H and O–H groups in total. The van der Waals surface area contributed by atoms with Crippen LogP contribution in [0.1, 0.15) is 65.9 Å². The number of rotatable bonds is 18. The van der Waals surface area contributed by atoms with Crippen LogP contribution in [0.2, 0.25) is 0 Å². The van der Waals surface area contributed by atoms with Crippen molar-refractivity contribution in [1.82, 2.24) is 10.2 Å². The van der Waals surface area contributed by atoms with E-state index in [-0.39, 0.29) is 43.7 Å². The van der Waals surface area contributed by atoms with E-state index in [0.29, 0.717) is 38.4 Å². The number of carbonyl (C=O) groups excluding carboxylic acids is 4. The van der Waals surface area contributed by atoms with Gasteiger partial charge >= 0.3 is 5.97 Å². The number of carbonyl (C=O) groups is 4. The molecule has 0 saturated carbocycles. The third kappa shape index (κ3) is 11.5. The van der Waals surface area contributed by atoms with E-state index in [1.807, 2.05) is 43.5 Å². The number of nitrogens with one attached hydrogen (secondary N) is 1. The number of hydrogen-bond acceptors (Lipinski definition) is 15. The van der Waals surface area contributed by atoms with Crippen molar-refractivity contribution < 1.29 is 52.3 Å². The van der Waals surface area contributed by atoms with E-state index < -0.39 is 58.2 Å². The number of thiocarbonyl (C=S) groups is 1. The maximum absolute atomic E-state index is 13.0. The van der Waals surface area contributed by atoms with Crippen LogP contribution in [-0.2, 0) is 52.3 Å². The Morgan fingerprint density at radius 3 is 2.48 bits per heavy atom. The zero-order valence-corrected chi connectivity index (χ0v) is 34.1. The molecule has 17 heteroatoms. The first kappa shape index (κ1) is 42.7. The summed E-state index contributed by atoms with van der Waals surface area (Å²) in [5.41, 5.74) is 0.964. The van der Waals surface area contributed by atoms with E-state index in [1.54, 1.807) is 34.7 Å². The number of hydrogen-bond donors (Lipinski definition) is 1. The molecule has 5 rings (SSSR count). The van der Waals surface area contributed by atoms with Crippen molar-refractivity contribution in [2.75, 3.05) is 45.7 Å². The molecule has 3 amide bonds. The molecule has 0 aromatic heterocycles. The molecule has 1 aromatic rings. The zero-order valence-electron chi connectivity index (χ0n) is 31.6. The first-order chi connectivity index (χ1) is 25.6. The van der Waals surface area contributed by atoms with Crippen LogP contribution in [0.15, 0.2) is 35.3 Å². The van der Waals surface area contributed by atoms with E-state index in [1.165, 1.54) is 23.5 Å². The van der Waals surface area contributed by atoms with Gasteiger partial charge in [0, 0.05) is 44.9 Å². The van der Waals surface area contributed by atoms with E-state index in [0.717, 1.165) is 14.7 Å². The third-order valence-electron chi connectivity index (χ3n) is 9.10. The molecule has 0 radical (unpaired) electrons. The lowest BCUT2D eigenvalue weighted by Crippen LogP contribution is -2.56. The zero-order chi connectivity index (χ0) is 39.1. The molecule has 298 valence electrons. The minimum absolute atomic E-state index is 0.0533. The number of nitrogens with zero attached hydrogens (tertiary/aromatic N) is 2. The first-order valence-corrected chi connectivity index (χ1v) is 20.4. The molecule has 7 unspecified atom stereocenters. The predicted molar refractivity (Wildman–Crippen MR) is 207 cm³/mol. The highest BCUT2D eigenvalue weighted by molar-refractivity contribution is 8.24. The summed E-state index contributed by atoms with van der Waals surface area (Å²) in [6.45, 7) is 9.98. The summed E-state index contributed by atoms with van der Waals surface area (Å²) in [4.78, 5) is 56.2. The fourth-order valence-corrected chi connectivity index (χ4v) is 9.40. The maximum atomic E-state index is 13.0. The highest BCUT2D eigenvalue weighted by atomic mass is 32.2. The molecule has 4 aliphatic rings. The normalized spacial score (nSPS) is 28.1. The van der Waals surface area contributed by atoms with Crippen LogP contribution >= 0.6 is 35.7 Å². The molecule has 1 aromatic carbocycles. The molecular formula is C37H51N3O11S3. The highest BCUT2D eigenvalue weighted by Gasteiger charge is 2.61. The summed E-state index contributed by atoms with van der Waals surface area (Å²) in [5.74, 6) is -2.61. The van der Waals surface area contributed by atoms with Crippen molar-refractivity contribution in [3.05, 3.63) is 35.9 Å². The van der Waals surface area contributed by atoms with Crippen molar-refractivity contribution in [3.63, 3.8) is 0 Å². The molecule has 14 nitrogen and oxygen atoms in total. The summed E-state index contributed by atoms with van der Waals surface area (Å²) >= 11 is 8.48. The third-order valence-corrected chi connectivity index (χ3v) is 12.0. The average Bonchev–Trinajstić information content (AvgIpc) is 3.72. The van der Waals surface area contributed by atoms with E-state index >= 15 is 0 Å². The first-order valence-electron chi connectivity index (χ1n) is 18.1. The Hall–Kier alpha value is -2.48. The van der Waals surface area contributed by atoms with Gasteiger partial charge in [0.25, 0.3) is 0 Å². The smallest absolute Gasteiger partial charge is 0.307 e. The predicted octanol–water partition coefficient (Wildman–Crippen LogP) is 3.66. The second-order valence-corrected chi connectivity index (χ2v) is 18.0. The summed E-state index contributed by atoms with van der Waals surface area (Å²) in [6, 6.07) is 9.76. The van der Waals surface area contributed by atoms with E-state index in [4.69, 9.17) is 45.4 Å². The van der Waals surface area contributed by atoms with Gasteiger partial charge in [0.2, 0.25) is 17.7 Å². The van der Waals surface area contributed by atoms with Gasteiger partial charge in [-0.25, -0.2) is 0 Å². The minimum atomic E-state index is -0.882. The number of amides is 3. The van der Waals surface area contributed by atoms with Gasteiger partial charge in [0.1, 0.15) is 31.0 Å². The number of ether oxygens (including phenoxy) is 7. The standard InChI is InChI=1S/C37H51N3O11S3/c1-35(2)48-29-24(47-33-31(30(29)49-35)50-36(3,4)51-33)21-46-28(43)13-16-40-27(42)20-25(32(40)44)53-19-18-45-17-15-39-26(41)12-14-37(5,22-38-6)54-34(52)23-10-8-7-9-11-23/h7-11,22,24-25,29-31,33H,12-21H2,1-6H3,(H,39,41)/b38-22-. The summed E-state index contributed by atoms with van der Waals surface area (Å²) < 4.78 is 41.6. The fourth-order valence-electron chi connectivity index (χ4n) is 6.62. The van der Waals surface area contributed by atoms with E-state index in [2.05, 4.69) is 10.3 Å². The molecule has 0 bridgehead atoms. The summed E-state index contributed by atoms with van der Waals surface area (Å²) in [7, 11) is 1.71. The Bertz CT molecular complexity index is 1550. The molecule has 0 aliphatic carbocycles. The Labute approximate surface area is 330 Å². The van der Waals surface area contributed by atoms with Crippen molar-refractivity contribution in [3.8, 4) is 0 Å². The molecule has 4 heterocycles. The van der Waals surface area contributed by atoms with Crippen LogP contribution in [0.5, 0.6) is 0 Å². The molecule has 4 fully saturated rings. The highest BCUT2D eigenvalue weighted by Crippen LogP contribution is 2.44. The summed E-state index contributed by atoms with van der Waals surface area (Å²) in [6.07, 6.45) is -0.292. The number of aliphatic imine (C=N–C) groups is 1. The Morgan fingerprint density at radius 1 is 1.04 bits per heavy atom. The monoisotopic (exact) mass is 809 g/mol. The van der Waals surface area contributed by atoms with Crippen LogP contribution in [-0.4, -0.2) is 137 Å². The quantitative estimate of drug-likeness (QED) is 0.0753. The number of benzene rings is 1. The lowest BCUT2D eigenvalue weighted by Gasteiger charge is -2.36. The second-order valence-electron chi connectivity index (χ2n) is 14.5. The molecule has 4 aliphatic heterocycles. The number of thioether (sulfide) groups is 2. The lowest BCUT2D eigenvalue weighted by atomic mass is 9.99. The van der Waals surface area contributed by atoms with Crippen LogP contribution in [0.4, 0.5) is 0 Å². The molecular weight excluding hydrogens is 759 g/mol. The van der Waals surface area contributed by atoms with Gasteiger partial charge in [-0.05, 0) is 46.6 Å². The van der Waals surface area contributed by atoms with Crippen molar-refractivity contribution >= 4 is 69.8 Å². The van der Waals surface area contributed by atoms with Crippen molar-refractivity contribution in [2.45, 2.75) is 113 Å².